The van der Waals surface area contributed by atoms with Crippen LogP contribution >= 0.6 is 0 Å². The third-order valence-electron chi connectivity index (χ3n) is 6.41. The fourth-order valence-electron chi connectivity index (χ4n) is 4.64. The average Bonchev–Trinajstić information content (AvgIpc) is 3.29. The van der Waals surface area contributed by atoms with Crippen LogP contribution in [-0.2, 0) is 13.1 Å². The number of likely N-dealkylation sites (N-methyl/N-ethyl adjacent to an activating group) is 1. The molecule has 1 fully saturated rings. The Morgan fingerprint density at radius 3 is 2.25 bits per heavy atom. The summed E-state index contributed by atoms with van der Waals surface area (Å²) in [6.07, 6.45) is 2.30. The molecule has 1 aliphatic heterocycles. The quantitative estimate of drug-likeness (QED) is 0.580. The number of aryl methyl sites for hydroxylation is 1. The van der Waals surface area contributed by atoms with Gasteiger partial charge in [-0.25, -0.2) is 0 Å². The minimum atomic E-state index is -0.538. The second-order valence-electron chi connectivity index (χ2n) is 8.26. The average molecular weight is 435 g/mol. The molecule has 1 atom stereocenters. The SMILES string of the molecule is CCN1CCCC1CNC(=O)c1ccc(Cn2c(=O)c(=O)n(CC)c3ccccc32)cc1. The van der Waals surface area contributed by atoms with E-state index in [1.165, 1.54) is 15.6 Å². The predicted octanol–water partition coefficient (Wildman–Crippen LogP) is 2.45. The Labute approximate surface area is 187 Å². The van der Waals surface area contributed by atoms with E-state index in [0.29, 0.717) is 24.7 Å². The number of carbonyl (C=O) groups is 1. The van der Waals surface area contributed by atoms with Crippen molar-refractivity contribution in [3.05, 3.63) is 80.4 Å². The highest BCUT2D eigenvalue weighted by Crippen LogP contribution is 2.16. The van der Waals surface area contributed by atoms with E-state index in [1.54, 1.807) is 12.1 Å². The van der Waals surface area contributed by atoms with Crippen molar-refractivity contribution in [3.8, 4) is 0 Å². The highest BCUT2D eigenvalue weighted by atomic mass is 16.2. The van der Waals surface area contributed by atoms with Crippen LogP contribution in [0.1, 0.15) is 42.6 Å². The Bertz CT molecular complexity index is 1230. The molecular weight excluding hydrogens is 404 g/mol. The Kier molecular flexibility index (Phi) is 6.55. The van der Waals surface area contributed by atoms with E-state index in [4.69, 9.17) is 0 Å². The third kappa shape index (κ3) is 4.25. The van der Waals surface area contributed by atoms with E-state index in [0.717, 1.165) is 36.1 Å². The van der Waals surface area contributed by atoms with E-state index in [9.17, 15) is 14.4 Å². The third-order valence-corrected chi connectivity index (χ3v) is 6.41. The number of carbonyl (C=O) groups excluding carboxylic acids is 1. The van der Waals surface area contributed by atoms with Gasteiger partial charge in [0.25, 0.3) is 5.91 Å². The van der Waals surface area contributed by atoms with Gasteiger partial charge >= 0.3 is 11.1 Å². The monoisotopic (exact) mass is 434 g/mol. The lowest BCUT2D eigenvalue weighted by Crippen LogP contribution is -2.41. The molecule has 32 heavy (non-hydrogen) atoms. The normalized spacial score (nSPS) is 16.5. The lowest BCUT2D eigenvalue weighted by Gasteiger charge is -2.22. The Balaban J connectivity index is 1.52. The van der Waals surface area contributed by atoms with Gasteiger partial charge in [-0.1, -0.05) is 31.2 Å². The number of aromatic nitrogens is 2. The van der Waals surface area contributed by atoms with Crippen LogP contribution in [0, 0.1) is 0 Å². The van der Waals surface area contributed by atoms with Crippen LogP contribution in [0.5, 0.6) is 0 Å². The minimum Gasteiger partial charge on any atom is -0.350 e. The lowest BCUT2D eigenvalue weighted by molar-refractivity contribution is 0.0941. The van der Waals surface area contributed by atoms with Crippen molar-refractivity contribution in [2.75, 3.05) is 19.6 Å². The zero-order chi connectivity index (χ0) is 22.7. The maximum Gasteiger partial charge on any atom is 0.317 e. The molecule has 1 unspecified atom stereocenters. The highest BCUT2D eigenvalue weighted by Gasteiger charge is 2.23. The number of likely N-dealkylation sites (tertiary alicyclic amines) is 1. The molecule has 0 radical (unpaired) electrons. The van der Waals surface area contributed by atoms with Crippen LogP contribution in [0.15, 0.2) is 58.1 Å². The van der Waals surface area contributed by atoms with E-state index in [-0.39, 0.29) is 12.5 Å². The van der Waals surface area contributed by atoms with Crippen LogP contribution in [0.3, 0.4) is 0 Å². The van der Waals surface area contributed by atoms with E-state index in [1.807, 2.05) is 43.3 Å². The summed E-state index contributed by atoms with van der Waals surface area (Å²) in [4.78, 5) is 40.3. The summed E-state index contributed by atoms with van der Waals surface area (Å²) in [5.74, 6) is -0.0901. The Morgan fingerprint density at radius 1 is 0.938 bits per heavy atom. The van der Waals surface area contributed by atoms with Crippen molar-refractivity contribution in [2.45, 2.75) is 45.8 Å². The second-order valence-corrected chi connectivity index (χ2v) is 8.26. The van der Waals surface area contributed by atoms with E-state index >= 15 is 0 Å². The van der Waals surface area contributed by atoms with Crippen LogP contribution < -0.4 is 16.4 Å². The smallest absolute Gasteiger partial charge is 0.317 e. The summed E-state index contributed by atoms with van der Waals surface area (Å²) in [6, 6.07) is 15.1. The van der Waals surface area contributed by atoms with Crippen molar-refractivity contribution in [3.63, 3.8) is 0 Å². The summed E-state index contributed by atoms with van der Waals surface area (Å²) in [6.45, 7) is 7.48. The summed E-state index contributed by atoms with van der Waals surface area (Å²) in [5.41, 5.74) is 1.85. The molecule has 7 heteroatoms. The maximum atomic E-state index is 12.8. The molecule has 7 nitrogen and oxygen atoms in total. The van der Waals surface area contributed by atoms with E-state index in [2.05, 4.69) is 17.1 Å². The number of nitrogens with zero attached hydrogens (tertiary/aromatic N) is 3. The van der Waals surface area contributed by atoms with Gasteiger partial charge in [0.2, 0.25) is 0 Å². The van der Waals surface area contributed by atoms with Crippen molar-refractivity contribution < 1.29 is 4.79 Å². The number of fused-ring (bicyclic) bond motifs is 1. The number of amides is 1. The number of hydrogen-bond acceptors (Lipinski definition) is 4. The van der Waals surface area contributed by atoms with Crippen LogP contribution in [0.4, 0.5) is 0 Å². The lowest BCUT2D eigenvalue weighted by atomic mass is 10.1. The molecule has 1 saturated heterocycles. The largest absolute Gasteiger partial charge is 0.350 e. The topological polar surface area (TPSA) is 76.3 Å². The Morgan fingerprint density at radius 2 is 1.59 bits per heavy atom. The molecule has 1 N–H and O–H groups in total. The molecule has 2 aromatic carbocycles. The van der Waals surface area contributed by atoms with Gasteiger partial charge in [0.15, 0.2) is 0 Å². The second kappa shape index (κ2) is 9.53. The van der Waals surface area contributed by atoms with E-state index < -0.39 is 11.1 Å². The fraction of sp³-hybridized carbons (Fsp3) is 0.400. The molecule has 0 saturated carbocycles. The van der Waals surface area contributed by atoms with Gasteiger partial charge in [0.05, 0.1) is 17.6 Å². The zero-order valence-electron chi connectivity index (χ0n) is 18.7. The number of nitrogens with one attached hydrogen (secondary N) is 1. The van der Waals surface area contributed by atoms with Gasteiger partial charge in [0, 0.05) is 24.7 Å². The standard InChI is InChI=1S/C25H30N4O3/c1-3-27-15-7-8-20(27)16-26-23(30)19-13-11-18(12-14-19)17-29-22-10-6-5-9-21(22)28(4-2)24(31)25(29)32/h5-6,9-14,20H,3-4,7-8,15-17H2,1-2H3,(H,26,30). The first-order valence-corrected chi connectivity index (χ1v) is 11.4. The van der Waals surface area contributed by atoms with Crippen molar-refractivity contribution in [2.24, 2.45) is 0 Å². The predicted molar refractivity (Wildman–Crippen MR) is 126 cm³/mol. The number of rotatable bonds is 7. The van der Waals surface area contributed by atoms with Gasteiger partial charge in [-0.15, -0.1) is 0 Å². The number of hydrogen-bond donors (Lipinski definition) is 1. The maximum absolute atomic E-state index is 12.8. The van der Waals surface area contributed by atoms with Crippen molar-refractivity contribution in [1.29, 1.82) is 0 Å². The molecule has 1 aromatic heterocycles. The van der Waals surface area contributed by atoms with Crippen molar-refractivity contribution in [1.82, 2.24) is 19.4 Å². The molecule has 0 aliphatic carbocycles. The highest BCUT2D eigenvalue weighted by molar-refractivity contribution is 5.94. The molecular formula is C25H30N4O3. The molecule has 0 spiro atoms. The van der Waals surface area contributed by atoms with Gasteiger partial charge in [0.1, 0.15) is 0 Å². The Hall–Kier alpha value is -3.19. The van der Waals surface area contributed by atoms with Gasteiger partial charge < -0.3 is 9.88 Å². The molecule has 4 rings (SSSR count). The minimum absolute atomic E-state index is 0.0901. The van der Waals surface area contributed by atoms with Gasteiger partial charge in [-0.2, -0.15) is 0 Å². The van der Waals surface area contributed by atoms with Crippen LogP contribution in [-0.4, -0.2) is 45.6 Å². The summed E-state index contributed by atoms with van der Waals surface area (Å²) >= 11 is 0. The molecule has 168 valence electrons. The van der Waals surface area contributed by atoms with Crippen LogP contribution in [0.25, 0.3) is 11.0 Å². The van der Waals surface area contributed by atoms with Gasteiger partial charge in [-0.3, -0.25) is 23.9 Å². The zero-order valence-corrected chi connectivity index (χ0v) is 18.7. The first-order valence-electron chi connectivity index (χ1n) is 11.4. The molecule has 1 amide bonds. The summed E-state index contributed by atoms with van der Waals surface area (Å²) < 4.78 is 3.02. The molecule has 1 aliphatic rings. The molecule has 0 bridgehead atoms. The molecule has 3 aromatic rings. The molecule has 2 heterocycles. The summed E-state index contributed by atoms with van der Waals surface area (Å²) in [7, 11) is 0. The number of para-hydroxylation sites is 2. The summed E-state index contributed by atoms with van der Waals surface area (Å²) in [5, 5.41) is 3.05. The van der Waals surface area contributed by atoms with Crippen LogP contribution in [0.2, 0.25) is 0 Å². The first kappa shape index (κ1) is 22.0. The van der Waals surface area contributed by atoms with Gasteiger partial charge in [-0.05, 0) is 62.7 Å². The van der Waals surface area contributed by atoms with Crippen molar-refractivity contribution >= 4 is 16.9 Å². The fourth-order valence-corrected chi connectivity index (χ4v) is 4.64. The first-order chi connectivity index (χ1) is 15.5. The number of benzene rings is 2.